The van der Waals surface area contributed by atoms with Crippen LogP contribution in [0.15, 0.2) is 18.2 Å². The Balaban J connectivity index is 2.31. The van der Waals surface area contributed by atoms with Crippen molar-refractivity contribution >= 4 is 0 Å². The quantitative estimate of drug-likeness (QED) is 0.716. The Bertz CT molecular complexity index is 310. The van der Waals surface area contributed by atoms with Crippen molar-refractivity contribution < 1.29 is 0 Å². The molecule has 0 bridgehead atoms. The van der Waals surface area contributed by atoms with E-state index in [9.17, 15) is 0 Å². The monoisotopic (exact) mass is 189 g/mol. The number of hydrogen-bond acceptors (Lipinski definition) is 1. The van der Waals surface area contributed by atoms with Crippen LogP contribution in [0.25, 0.3) is 0 Å². The summed E-state index contributed by atoms with van der Waals surface area (Å²) >= 11 is 0. The van der Waals surface area contributed by atoms with Gasteiger partial charge in [-0.15, -0.1) is 0 Å². The first-order valence-corrected chi connectivity index (χ1v) is 5.46. The average molecular weight is 189 g/mol. The third-order valence-electron chi connectivity index (χ3n) is 3.19. The van der Waals surface area contributed by atoms with Crippen molar-refractivity contribution in [2.24, 2.45) is 5.92 Å². The highest BCUT2D eigenvalue weighted by Crippen LogP contribution is 2.28. The number of hydrogen-bond donors (Lipinski definition) is 1. The predicted molar refractivity (Wildman–Crippen MR) is 60.7 cm³/mol. The molecular formula is C13H19N. The van der Waals surface area contributed by atoms with Gasteiger partial charge in [0.05, 0.1) is 0 Å². The number of nitrogens with one attached hydrogen (secondary N) is 1. The molecule has 0 radical (unpaired) electrons. The normalized spacial score (nSPS) is 26.8. The zero-order valence-electron chi connectivity index (χ0n) is 9.30. The van der Waals surface area contributed by atoms with Crippen LogP contribution in [0.4, 0.5) is 0 Å². The van der Waals surface area contributed by atoms with E-state index in [1.54, 1.807) is 0 Å². The van der Waals surface area contributed by atoms with Gasteiger partial charge in [0, 0.05) is 12.5 Å². The van der Waals surface area contributed by atoms with Gasteiger partial charge in [0.1, 0.15) is 0 Å². The minimum absolute atomic E-state index is 0.716. The van der Waals surface area contributed by atoms with E-state index in [2.05, 4.69) is 44.3 Å². The van der Waals surface area contributed by atoms with E-state index in [4.69, 9.17) is 0 Å². The predicted octanol–water partition coefficient (Wildman–Crippen LogP) is 2.63. The SMILES string of the molecule is Cc1cc(C)cc(C2CNCC2C)c1. The molecule has 1 aromatic rings. The summed E-state index contributed by atoms with van der Waals surface area (Å²) in [7, 11) is 0. The Labute approximate surface area is 86.5 Å². The lowest BCUT2D eigenvalue weighted by Crippen LogP contribution is -2.08. The minimum atomic E-state index is 0.716. The fraction of sp³-hybridized carbons (Fsp3) is 0.538. The number of benzene rings is 1. The summed E-state index contributed by atoms with van der Waals surface area (Å²) in [6.45, 7) is 9.01. The second-order valence-corrected chi connectivity index (χ2v) is 4.66. The molecule has 1 fully saturated rings. The second-order valence-electron chi connectivity index (χ2n) is 4.66. The summed E-state index contributed by atoms with van der Waals surface area (Å²) in [5.41, 5.74) is 4.29. The highest BCUT2D eigenvalue weighted by atomic mass is 14.9. The van der Waals surface area contributed by atoms with Gasteiger partial charge in [-0.3, -0.25) is 0 Å². The summed E-state index contributed by atoms with van der Waals surface area (Å²) in [5, 5.41) is 3.46. The van der Waals surface area contributed by atoms with Crippen molar-refractivity contribution in [1.82, 2.24) is 5.32 Å². The zero-order valence-corrected chi connectivity index (χ0v) is 9.30. The van der Waals surface area contributed by atoms with Crippen molar-refractivity contribution in [3.8, 4) is 0 Å². The molecule has 1 heteroatoms. The molecule has 0 amide bonds. The van der Waals surface area contributed by atoms with Gasteiger partial charge in [-0.2, -0.15) is 0 Å². The molecule has 1 nitrogen and oxygen atoms in total. The van der Waals surface area contributed by atoms with Gasteiger partial charge < -0.3 is 5.32 Å². The van der Waals surface area contributed by atoms with Gasteiger partial charge in [0.25, 0.3) is 0 Å². The van der Waals surface area contributed by atoms with Crippen LogP contribution < -0.4 is 5.32 Å². The van der Waals surface area contributed by atoms with Gasteiger partial charge in [0.2, 0.25) is 0 Å². The first kappa shape index (κ1) is 9.72. The zero-order chi connectivity index (χ0) is 10.1. The van der Waals surface area contributed by atoms with Crippen molar-refractivity contribution in [3.05, 3.63) is 34.9 Å². The molecule has 0 aliphatic carbocycles. The van der Waals surface area contributed by atoms with E-state index in [1.807, 2.05) is 0 Å². The fourth-order valence-electron chi connectivity index (χ4n) is 2.48. The molecule has 0 aromatic heterocycles. The number of aryl methyl sites for hydroxylation is 2. The van der Waals surface area contributed by atoms with Crippen LogP contribution in [0.1, 0.15) is 29.5 Å². The largest absolute Gasteiger partial charge is 0.316 e. The van der Waals surface area contributed by atoms with Crippen LogP contribution in [0.5, 0.6) is 0 Å². The molecular weight excluding hydrogens is 170 g/mol. The highest BCUT2D eigenvalue weighted by molar-refractivity contribution is 5.32. The van der Waals surface area contributed by atoms with Crippen LogP contribution in [-0.2, 0) is 0 Å². The summed E-state index contributed by atoms with van der Waals surface area (Å²) in [4.78, 5) is 0. The third-order valence-corrected chi connectivity index (χ3v) is 3.19. The topological polar surface area (TPSA) is 12.0 Å². The maximum atomic E-state index is 3.46. The van der Waals surface area contributed by atoms with E-state index in [-0.39, 0.29) is 0 Å². The van der Waals surface area contributed by atoms with E-state index in [0.717, 1.165) is 19.0 Å². The van der Waals surface area contributed by atoms with Crippen molar-refractivity contribution in [2.75, 3.05) is 13.1 Å². The molecule has 1 N–H and O–H groups in total. The Hall–Kier alpha value is -0.820. The van der Waals surface area contributed by atoms with Gasteiger partial charge >= 0.3 is 0 Å². The van der Waals surface area contributed by atoms with Crippen LogP contribution >= 0.6 is 0 Å². The minimum Gasteiger partial charge on any atom is -0.316 e. The molecule has 2 atom stereocenters. The van der Waals surface area contributed by atoms with E-state index in [0.29, 0.717) is 5.92 Å². The first-order chi connectivity index (χ1) is 6.66. The summed E-state index contributed by atoms with van der Waals surface area (Å²) in [6.07, 6.45) is 0. The molecule has 2 unspecified atom stereocenters. The summed E-state index contributed by atoms with van der Waals surface area (Å²) in [6, 6.07) is 6.92. The highest BCUT2D eigenvalue weighted by Gasteiger charge is 2.24. The molecule has 1 aromatic carbocycles. The molecule has 1 heterocycles. The second kappa shape index (κ2) is 3.74. The van der Waals surface area contributed by atoms with E-state index < -0.39 is 0 Å². The van der Waals surface area contributed by atoms with Gasteiger partial charge in [-0.25, -0.2) is 0 Å². The van der Waals surface area contributed by atoms with Gasteiger partial charge in [-0.05, 0) is 31.9 Å². The maximum Gasteiger partial charge on any atom is 0.00233 e. The maximum absolute atomic E-state index is 3.46. The molecule has 76 valence electrons. The van der Waals surface area contributed by atoms with E-state index >= 15 is 0 Å². The third kappa shape index (κ3) is 1.83. The van der Waals surface area contributed by atoms with Crippen LogP contribution in [0.3, 0.4) is 0 Å². The Morgan fingerprint density at radius 3 is 2.21 bits per heavy atom. The van der Waals surface area contributed by atoms with E-state index in [1.165, 1.54) is 16.7 Å². The molecule has 1 aliphatic heterocycles. The van der Waals surface area contributed by atoms with Crippen molar-refractivity contribution in [3.63, 3.8) is 0 Å². The Kier molecular flexibility index (Phi) is 2.60. The van der Waals surface area contributed by atoms with Crippen molar-refractivity contribution in [2.45, 2.75) is 26.7 Å². The molecule has 0 saturated carbocycles. The first-order valence-electron chi connectivity index (χ1n) is 5.46. The fourth-order valence-corrected chi connectivity index (χ4v) is 2.48. The molecule has 14 heavy (non-hydrogen) atoms. The van der Waals surface area contributed by atoms with Gasteiger partial charge in [0.15, 0.2) is 0 Å². The Morgan fingerprint density at radius 1 is 1.07 bits per heavy atom. The average Bonchev–Trinajstić information content (AvgIpc) is 2.49. The molecule has 1 saturated heterocycles. The molecule has 1 aliphatic rings. The van der Waals surface area contributed by atoms with Crippen LogP contribution in [-0.4, -0.2) is 13.1 Å². The van der Waals surface area contributed by atoms with Crippen molar-refractivity contribution in [1.29, 1.82) is 0 Å². The van der Waals surface area contributed by atoms with Crippen LogP contribution in [0.2, 0.25) is 0 Å². The standard InChI is InChI=1S/C13H19N/c1-9-4-10(2)6-12(5-9)13-8-14-7-11(13)3/h4-6,11,13-14H,7-8H2,1-3H3. The molecule has 2 rings (SSSR count). The van der Waals surface area contributed by atoms with Gasteiger partial charge in [-0.1, -0.05) is 36.2 Å². The lowest BCUT2D eigenvalue weighted by molar-refractivity contribution is 0.572. The van der Waals surface area contributed by atoms with Crippen LogP contribution in [0, 0.1) is 19.8 Å². The summed E-state index contributed by atoms with van der Waals surface area (Å²) < 4.78 is 0. The Morgan fingerprint density at radius 2 is 1.71 bits per heavy atom. The summed E-state index contributed by atoms with van der Waals surface area (Å²) in [5.74, 6) is 1.49. The smallest absolute Gasteiger partial charge is 0.00233 e. The lowest BCUT2D eigenvalue weighted by atomic mass is 9.88. The lowest BCUT2D eigenvalue weighted by Gasteiger charge is -2.15. The number of rotatable bonds is 1. The molecule has 0 spiro atoms.